The summed E-state index contributed by atoms with van der Waals surface area (Å²) in [7, 11) is 0.734. The molecule has 0 fully saturated rings. The number of hydrogen-bond donors (Lipinski definition) is 1. The van der Waals surface area contributed by atoms with Crippen LogP contribution in [0.2, 0.25) is 0 Å². The summed E-state index contributed by atoms with van der Waals surface area (Å²) >= 11 is 0. The summed E-state index contributed by atoms with van der Waals surface area (Å²) in [5, 5.41) is 2.62. The molecular weight excluding hydrogens is 423 g/mol. The van der Waals surface area contributed by atoms with Gasteiger partial charge in [0.05, 0.1) is 4.90 Å². The van der Waals surface area contributed by atoms with Crippen molar-refractivity contribution in [2.24, 2.45) is 0 Å². The molecule has 0 aliphatic rings. The molecular formula is C21H21FN4O4S. The third-order valence-corrected chi connectivity index (χ3v) is 6.10. The Morgan fingerprint density at radius 3 is 2.42 bits per heavy atom. The number of aromatic nitrogens is 1. The SMILES string of the molecule is CN(C(=O)Nc1cc(Oc2cccc(F)c2)ccn1)c1cccc(S(=O)(=O)N(C)C)c1. The average molecular weight is 444 g/mol. The Labute approximate surface area is 179 Å². The molecule has 8 nitrogen and oxygen atoms in total. The number of nitrogens with zero attached hydrogens (tertiary/aromatic N) is 3. The largest absolute Gasteiger partial charge is 0.457 e. The molecule has 0 saturated heterocycles. The zero-order valence-corrected chi connectivity index (χ0v) is 17.9. The third-order valence-electron chi connectivity index (χ3n) is 4.29. The van der Waals surface area contributed by atoms with Gasteiger partial charge in [-0.15, -0.1) is 0 Å². The molecule has 3 aromatic rings. The average Bonchev–Trinajstić information content (AvgIpc) is 2.73. The van der Waals surface area contributed by atoms with Crippen LogP contribution in [0.1, 0.15) is 0 Å². The van der Waals surface area contributed by atoms with E-state index in [1.807, 2.05) is 0 Å². The van der Waals surface area contributed by atoms with Crippen molar-refractivity contribution in [3.8, 4) is 11.5 Å². The summed E-state index contributed by atoms with van der Waals surface area (Å²) < 4.78 is 44.7. The molecule has 162 valence electrons. The first kappa shape index (κ1) is 22.2. The Hall–Kier alpha value is -3.50. The maximum absolute atomic E-state index is 13.3. The zero-order valence-electron chi connectivity index (χ0n) is 17.1. The molecule has 0 radical (unpaired) electrons. The van der Waals surface area contributed by atoms with Crippen LogP contribution in [0.25, 0.3) is 0 Å². The van der Waals surface area contributed by atoms with Crippen LogP contribution in [0.5, 0.6) is 11.5 Å². The van der Waals surface area contributed by atoms with Crippen LogP contribution in [0.4, 0.5) is 20.7 Å². The van der Waals surface area contributed by atoms with Crippen molar-refractivity contribution < 1.29 is 22.3 Å². The fourth-order valence-electron chi connectivity index (χ4n) is 2.58. The number of nitrogens with one attached hydrogen (secondary N) is 1. The second-order valence-corrected chi connectivity index (χ2v) is 8.86. The van der Waals surface area contributed by atoms with Gasteiger partial charge in [-0.2, -0.15) is 0 Å². The van der Waals surface area contributed by atoms with Gasteiger partial charge in [-0.05, 0) is 36.4 Å². The monoisotopic (exact) mass is 444 g/mol. The molecule has 0 aliphatic heterocycles. The molecule has 0 spiro atoms. The highest BCUT2D eigenvalue weighted by molar-refractivity contribution is 7.89. The maximum atomic E-state index is 13.3. The smallest absolute Gasteiger partial charge is 0.327 e. The minimum atomic E-state index is -3.64. The molecule has 2 aromatic carbocycles. The fourth-order valence-corrected chi connectivity index (χ4v) is 3.53. The number of rotatable bonds is 6. The molecule has 31 heavy (non-hydrogen) atoms. The number of amides is 2. The molecule has 0 aliphatic carbocycles. The van der Waals surface area contributed by atoms with Gasteiger partial charge in [0.15, 0.2) is 0 Å². The van der Waals surface area contributed by atoms with Crippen LogP contribution in [-0.2, 0) is 10.0 Å². The number of benzene rings is 2. The molecule has 0 bridgehead atoms. The van der Waals surface area contributed by atoms with E-state index in [1.165, 1.54) is 68.6 Å². The first-order valence-corrected chi connectivity index (χ1v) is 10.6. The number of sulfonamides is 1. The lowest BCUT2D eigenvalue weighted by Crippen LogP contribution is -2.31. The quantitative estimate of drug-likeness (QED) is 0.622. The number of halogens is 1. The first-order chi connectivity index (χ1) is 14.7. The molecule has 1 N–H and O–H groups in total. The van der Waals surface area contributed by atoms with E-state index < -0.39 is 21.9 Å². The number of carbonyl (C=O) groups is 1. The number of urea groups is 1. The minimum absolute atomic E-state index is 0.0678. The lowest BCUT2D eigenvalue weighted by Gasteiger charge is -2.19. The van der Waals surface area contributed by atoms with Gasteiger partial charge in [-0.3, -0.25) is 10.2 Å². The minimum Gasteiger partial charge on any atom is -0.457 e. The van der Waals surface area contributed by atoms with Crippen molar-refractivity contribution >= 4 is 27.6 Å². The highest BCUT2D eigenvalue weighted by Crippen LogP contribution is 2.24. The predicted octanol–water partition coefficient (Wildman–Crippen LogP) is 3.93. The molecule has 0 saturated carbocycles. The molecule has 1 heterocycles. The summed E-state index contributed by atoms with van der Waals surface area (Å²) in [5.74, 6) is 0.445. The van der Waals surface area contributed by atoms with Crippen LogP contribution < -0.4 is 15.0 Å². The molecule has 0 unspecified atom stereocenters. The van der Waals surface area contributed by atoms with Crippen LogP contribution in [0, 0.1) is 5.82 Å². The Bertz CT molecular complexity index is 1200. The first-order valence-electron chi connectivity index (χ1n) is 9.13. The number of carbonyl (C=O) groups excluding carboxylic acids is 1. The summed E-state index contributed by atoms with van der Waals surface area (Å²) in [4.78, 5) is 18.1. The van der Waals surface area contributed by atoms with E-state index >= 15 is 0 Å². The molecule has 10 heteroatoms. The summed E-state index contributed by atoms with van der Waals surface area (Å²) in [6, 6.07) is 14.2. The van der Waals surface area contributed by atoms with Crippen LogP contribution >= 0.6 is 0 Å². The van der Waals surface area contributed by atoms with E-state index in [0.29, 0.717) is 17.2 Å². The summed E-state index contributed by atoms with van der Waals surface area (Å²) in [6.07, 6.45) is 1.44. The molecule has 0 atom stereocenters. The summed E-state index contributed by atoms with van der Waals surface area (Å²) in [6.45, 7) is 0. The third kappa shape index (κ3) is 5.36. The number of anilines is 2. The van der Waals surface area contributed by atoms with E-state index in [1.54, 1.807) is 24.3 Å². The summed E-state index contributed by atoms with van der Waals surface area (Å²) in [5.41, 5.74) is 0.382. The van der Waals surface area contributed by atoms with Crippen molar-refractivity contribution in [3.63, 3.8) is 0 Å². The Morgan fingerprint density at radius 1 is 1.00 bits per heavy atom. The van der Waals surface area contributed by atoms with Gasteiger partial charge in [-0.1, -0.05) is 12.1 Å². The Kier molecular flexibility index (Phi) is 6.52. The van der Waals surface area contributed by atoms with Gasteiger partial charge < -0.3 is 4.74 Å². The van der Waals surface area contributed by atoms with Gasteiger partial charge in [-0.25, -0.2) is 26.9 Å². The van der Waals surface area contributed by atoms with Crippen LogP contribution in [0.15, 0.2) is 71.8 Å². The van der Waals surface area contributed by atoms with Crippen molar-refractivity contribution in [1.82, 2.24) is 9.29 Å². The van der Waals surface area contributed by atoms with Crippen LogP contribution in [0.3, 0.4) is 0 Å². The normalized spacial score (nSPS) is 11.3. The number of ether oxygens (including phenoxy) is 1. The van der Waals surface area contributed by atoms with E-state index in [2.05, 4.69) is 10.3 Å². The maximum Gasteiger partial charge on any atom is 0.327 e. The number of hydrogen-bond acceptors (Lipinski definition) is 5. The van der Waals surface area contributed by atoms with Crippen molar-refractivity contribution in [1.29, 1.82) is 0 Å². The predicted molar refractivity (Wildman–Crippen MR) is 115 cm³/mol. The second-order valence-electron chi connectivity index (χ2n) is 6.71. The fraction of sp³-hybridized carbons (Fsp3) is 0.143. The molecule has 1 aromatic heterocycles. The van der Waals surface area contributed by atoms with Gasteiger partial charge >= 0.3 is 6.03 Å². The van der Waals surface area contributed by atoms with E-state index in [9.17, 15) is 17.6 Å². The second kappa shape index (κ2) is 9.11. The van der Waals surface area contributed by atoms with Crippen LogP contribution in [-0.4, -0.2) is 44.9 Å². The van der Waals surface area contributed by atoms with E-state index in [-0.39, 0.29) is 10.7 Å². The van der Waals surface area contributed by atoms with E-state index in [0.717, 1.165) is 4.31 Å². The zero-order chi connectivity index (χ0) is 22.6. The van der Waals surface area contributed by atoms with Crippen molar-refractivity contribution in [3.05, 3.63) is 72.7 Å². The molecule has 3 rings (SSSR count). The van der Waals surface area contributed by atoms with Gasteiger partial charge in [0.2, 0.25) is 10.0 Å². The lowest BCUT2D eigenvalue weighted by molar-refractivity contribution is 0.258. The molecule has 2 amide bonds. The highest BCUT2D eigenvalue weighted by Gasteiger charge is 2.19. The lowest BCUT2D eigenvalue weighted by atomic mass is 10.3. The number of pyridine rings is 1. The topological polar surface area (TPSA) is 91.8 Å². The van der Waals surface area contributed by atoms with Gasteiger partial charge in [0.25, 0.3) is 0 Å². The van der Waals surface area contributed by atoms with Crippen molar-refractivity contribution in [2.45, 2.75) is 4.90 Å². The standard InChI is InChI=1S/C21H21FN4O4S/c1-25(2)31(28,29)19-9-5-7-16(13-19)26(3)21(27)24-20-14-18(10-11-23-20)30-17-8-4-6-15(22)12-17/h4-14H,1-3H3,(H,23,24,27). The van der Waals surface area contributed by atoms with E-state index in [4.69, 9.17) is 4.74 Å². The van der Waals surface area contributed by atoms with Gasteiger partial charge in [0.1, 0.15) is 23.1 Å². The van der Waals surface area contributed by atoms with Crippen molar-refractivity contribution in [2.75, 3.05) is 31.4 Å². The highest BCUT2D eigenvalue weighted by atomic mass is 32.2. The Morgan fingerprint density at radius 2 is 1.71 bits per heavy atom. The van der Waals surface area contributed by atoms with Gasteiger partial charge in [0, 0.05) is 45.2 Å². The Balaban J connectivity index is 1.74.